The zero-order valence-electron chi connectivity index (χ0n) is 20.1. The number of carbonyl (C=O) groups excluding carboxylic acids is 1. The van der Waals surface area contributed by atoms with E-state index < -0.39 is 6.04 Å². The van der Waals surface area contributed by atoms with Crippen molar-refractivity contribution >= 4 is 51.9 Å². The Kier molecular flexibility index (Phi) is 6.45. The third-order valence-electron chi connectivity index (χ3n) is 6.12. The molecule has 6 rings (SSSR count). The fourth-order valence-corrected chi connectivity index (χ4v) is 6.44. The van der Waals surface area contributed by atoms with Crippen LogP contribution in [0.1, 0.15) is 23.6 Å². The number of hydrogen-bond acceptors (Lipinski definition) is 6. The van der Waals surface area contributed by atoms with E-state index >= 15 is 0 Å². The molecular weight excluding hydrogens is 538 g/mol. The molecule has 1 atom stereocenters. The quantitative estimate of drug-likeness (QED) is 0.294. The summed E-state index contributed by atoms with van der Waals surface area (Å²) >= 11 is 8.89. The Bertz CT molecular complexity index is 1870. The van der Waals surface area contributed by atoms with Crippen LogP contribution in [-0.2, 0) is 4.79 Å². The molecule has 3 aromatic heterocycles. The number of aromatic nitrogens is 1. The van der Waals surface area contributed by atoms with Crippen molar-refractivity contribution in [1.29, 1.82) is 0 Å². The first kappa shape index (κ1) is 24.4. The summed E-state index contributed by atoms with van der Waals surface area (Å²) in [5.74, 6) is 0.900. The summed E-state index contributed by atoms with van der Waals surface area (Å²) in [7, 11) is 0. The lowest BCUT2D eigenvalue weighted by Crippen LogP contribution is -2.40. The molecule has 6 nitrogen and oxygen atoms in total. The van der Waals surface area contributed by atoms with Gasteiger partial charge in [-0.3, -0.25) is 14.2 Å². The van der Waals surface area contributed by atoms with Crippen LogP contribution in [0.15, 0.2) is 110 Å². The number of furan rings is 1. The molecule has 2 aromatic carbocycles. The van der Waals surface area contributed by atoms with Gasteiger partial charge in [0.15, 0.2) is 4.80 Å². The molecule has 0 aliphatic carbocycles. The van der Waals surface area contributed by atoms with Gasteiger partial charge in [-0.15, -0.1) is 11.3 Å². The van der Waals surface area contributed by atoms with Crippen LogP contribution >= 0.6 is 34.3 Å². The van der Waals surface area contributed by atoms with Crippen LogP contribution < -0.4 is 20.2 Å². The predicted octanol–water partition coefficient (Wildman–Crippen LogP) is 5.85. The number of thiophene rings is 1. The SMILES string of the molecule is CC1=C(C(=O)Nc2ccccc2)C(c2cccs2)n2c(sc(=Cc3ccc(-c4cccc(Cl)c4)o3)c2=O)=N1. The minimum atomic E-state index is -0.587. The van der Waals surface area contributed by atoms with Gasteiger partial charge in [0.25, 0.3) is 11.5 Å². The second-order valence-electron chi connectivity index (χ2n) is 8.63. The van der Waals surface area contributed by atoms with Crippen LogP contribution in [0.2, 0.25) is 5.02 Å². The molecule has 0 saturated carbocycles. The maximum atomic E-state index is 13.8. The Morgan fingerprint density at radius 2 is 1.92 bits per heavy atom. The Balaban J connectivity index is 1.43. The molecule has 1 aliphatic rings. The Morgan fingerprint density at radius 1 is 1.08 bits per heavy atom. The number of benzene rings is 2. The molecule has 188 valence electrons. The monoisotopic (exact) mass is 557 g/mol. The number of thiazole rings is 1. The number of carbonyl (C=O) groups is 1. The van der Waals surface area contributed by atoms with Crippen molar-refractivity contribution in [1.82, 2.24) is 4.57 Å². The number of amides is 1. The fourth-order valence-electron chi connectivity index (χ4n) is 4.40. The molecule has 9 heteroatoms. The van der Waals surface area contributed by atoms with Crippen molar-refractivity contribution in [3.8, 4) is 11.3 Å². The van der Waals surface area contributed by atoms with Crippen molar-refractivity contribution in [2.45, 2.75) is 13.0 Å². The highest BCUT2D eigenvalue weighted by Crippen LogP contribution is 2.33. The molecule has 4 heterocycles. The number of nitrogens with one attached hydrogen (secondary N) is 1. The summed E-state index contributed by atoms with van der Waals surface area (Å²) in [5, 5.41) is 5.51. The minimum Gasteiger partial charge on any atom is -0.457 e. The molecule has 5 aromatic rings. The van der Waals surface area contributed by atoms with Crippen LogP contribution in [0.3, 0.4) is 0 Å². The van der Waals surface area contributed by atoms with Crippen molar-refractivity contribution in [2.24, 2.45) is 4.99 Å². The average molecular weight is 558 g/mol. The molecule has 1 unspecified atom stereocenters. The van der Waals surface area contributed by atoms with Crippen LogP contribution in [0.25, 0.3) is 17.4 Å². The Labute approximate surface area is 230 Å². The topological polar surface area (TPSA) is 76.6 Å². The van der Waals surface area contributed by atoms with Gasteiger partial charge in [0, 0.05) is 27.2 Å². The number of rotatable bonds is 5. The van der Waals surface area contributed by atoms with Gasteiger partial charge in [-0.05, 0) is 54.8 Å². The third kappa shape index (κ3) is 4.58. The van der Waals surface area contributed by atoms with Crippen LogP contribution in [0.5, 0.6) is 0 Å². The largest absolute Gasteiger partial charge is 0.457 e. The van der Waals surface area contributed by atoms with E-state index in [0.29, 0.717) is 42.8 Å². The number of allylic oxidation sites excluding steroid dienone is 1. The summed E-state index contributed by atoms with van der Waals surface area (Å²) in [6.07, 6.45) is 1.71. The molecule has 0 spiro atoms. The lowest BCUT2D eigenvalue weighted by molar-refractivity contribution is -0.113. The number of nitrogens with zero attached hydrogens (tertiary/aromatic N) is 2. The first-order valence-corrected chi connectivity index (χ1v) is 13.8. The second kappa shape index (κ2) is 10.1. The number of fused-ring (bicyclic) bond motifs is 1. The number of halogens is 1. The minimum absolute atomic E-state index is 0.231. The molecule has 0 saturated heterocycles. The van der Waals surface area contributed by atoms with Gasteiger partial charge >= 0.3 is 0 Å². The first-order chi connectivity index (χ1) is 18.5. The molecule has 0 bridgehead atoms. The van der Waals surface area contributed by atoms with E-state index in [0.717, 1.165) is 10.4 Å². The highest BCUT2D eigenvalue weighted by Gasteiger charge is 2.33. The average Bonchev–Trinajstić information content (AvgIpc) is 3.66. The van der Waals surface area contributed by atoms with Crippen LogP contribution in [0.4, 0.5) is 5.69 Å². The molecule has 1 amide bonds. The van der Waals surface area contributed by atoms with E-state index in [9.17, 15) is 9.59 Å². The normalized spacial score (nSPS) is 15.3. The first-order valence-electron chi connectivity index (χ1n) is 11.8. The maximum Gasteiger partial charge on any atom is 0.271 e. The molecule has 0 fully saturated rings. The van der Waals surface area contributed by atoms with E-state index in [1.54, 1.807) is 23.6 Å². The van der Waals surface area contributed by atoms with E-state index in [2.05, 4.69) is 10.3 Å². The Morgan fingerprint density at radius 3 is 2.68 bits per heavy atom. The third-order valence-corrected chi connectivity index (χ3v) is 8.26. The zero-order chi connectivity index (χ0) is 26.2. The molecule has 38 heavy (non-hydrogen) atoms. The summed E-state index contributed by atoms with van der Waals surface area (Å²) in [5.41, 5.74) is 2.31. The summed E-state index contributed by atoms with van der Waals surface area (Å²) in [6.45, 7) is 1.81. The van der Waals surface area contributed by atoms with E-state index in [-0.39, 0.29) is 11.5 Å². The zero-order valence-corrected chi connectivity index (χ0v) is 22.4. The molecular formula is C29H20ClN3O3S2. The lowest BCUT2D eigenvalue weighted by atomic mass is 10.0. The molecule has 0 radical (unpaired) electrons. The number of anilines is 1. The summed E-state index contributed by atoms with van der Waals surface area (Å²) in [4.78, 5) is 33.3. The highest BCUT2D eigenvalue weighted by molar-refractivity contribution is 7.10. The van der Waals surface area contributed by atoms with Gasteiger partial charge in [0.05, 0.1) is 15.8 Å². The van der Waals surface area contributed by atoms with Gasteiger partial charge in [-0.2, -0.15) is 0 Å². The summed E-state index contributed by atoms with van der Waals surface area (Å²) in [6, 6.07) is 23.6. The second-order valence-corrected chi connectivity index (χ2v) is 11.1. The smallest absolute Gasteiger partial charge is 0.271 e. The number of para-hydroxylation sites is 1. The van der Waals surface area contributed by atoms with Crippen LogP contribution in [0, 0.1) is 0 Å². The molecule has 1 N–H and O–H groups in total. The standard InChI is InChI=1S/C29H20ClN3O3S2/c1-17-25(27(34)32-20-9-3-2-4-10-20)26(23-11-6-14-37-23)33-28(35)24(38-29(33)31-17)16-21-12-13-22(36-21)18-7-5-8-19(30)15-18/h2-16,26H,1H3,(H,32,34). The van der Waals surface area contributed by atoms with Crippen LogP contribution in [-0.4, -0.2) is 10.5 Å². The van der Waals surface area contributed by atoms with E-state index in [1.165, 1.54) is 22.7 Å². The van der Waals surface area contributed by atoms with E-state index in [1.807, 2.05) is 78.2 Å². The Hall–Kier alpha value is -3.98. The van der Waals surface area contributed by atoms with Crippen molar-refractivity contribution < 1.29 is 9.21 Å². The summed E-state index contributed by atoms with van der Waals surface area (Å²) < 4.78 is 8.08. The van der Waals surface area contributed by atoms with Gasteiger partial charge < -0.3 is 9.73 Å². The highest BCUT2D eigenvalue weighted by atomic mass is 35.5. The van der Waals surface area contributed by atoms with Crippen molar-refractivity contribution in [3.63, 3.8) is 0 Å². The fraction of sp³-hybridized carbons (Fsp3) is 0.0690. The molecule has 1 aliphatic heterocycles. The number of hydrogen-bond donors (Lipinski definition) is 1. The predicted molar refractivity (Wildman–Crippen MR) is 152 cm³/mol. The van der Waals surface area contributed by atoms with Crippen molar-refractivity contribution in [2.75, 3.05) is 5.32 Å². The van der Waals surface area contributed by atoms with Gasteiger partial charge in [-0.1, -0.05) is 59.3 Å². The van der Waals surface area contributed by atoms with Gasteiger partial charge in [0.2, 0.25) is 0 Å². The lowest BCUT2D eigenvalue weighted by Gasteiger charge is -2.24. The van der Waals surface area contributed by atoms with E-state index in [4.69, 9.17) is 16.0 Å². The van der Waals surface area contributed by atoms with Crippen molar-refractivity contribution in [3.05, 3.63) is 131 Å². The van der Waals surface area contributed by atoms with Gasteiger partial charge in [0.1, 0.15) is 17.6 Å². The van der Waals surface area contributed by atoms with Gasteiger partial charge in [-0.25, -0.2) is 4.99 Å². The maximum absolute atomic E-state index is 13.8.